The summed E-state index contributed by atoms with van der Waals surface area (Å²) < 4.78 is 11.9. The molecule has 7 heteroatoms. The van der Waals surface area contributed by atoms with Gasteiger partial charge in [-0.25, -0.2) is 4.79 Å². The lowest BCUT2D eigenvalue weighted by Crippen LogP contribution is -2.42. The lowest BCUT2D eigenvalue weighted by molar-refractivity contribution is 0.0464. The Morgan fingerprint density at radius 2 is 2.09 bits per heavy atom. The fourth-order valence-corrected chi connectivity index (χ4v) is 1.85. The molecule has 1 N–H and O–H groups in total. The first-order chi connectivity index (χ1) is 10.2. The average Bonchev–Trinajstić information content (AvgIpc) is 2.85. The van der Waals surface area contributed by atoms with Gasteiger partial charge in [-0.1, -0.05) is 0 Å². The second-order valence-electron chi connectivity index (χ2n) is 6.01. The molecule has 0 aromatic carbocycles. The zero-order valence-electron chi connectivity index (χ0n) is 13.9. The number of aryl methyl sites for hydroxylation is 1. The van der Waals surface area contributed by atoms with Crippen LogP contribution < -0.4 is 5.32 Å². The molecule has 1 unspecified atom stereocenters. The van der Waals surface area contributed by atoms with Crippen molar-refractivity contribution in [3.63, 3.8) is 0 Å². The van der Waals surface area contributed by atoms with Gasteiger partial charge in [0.2, 0.25) is 0 Å². The lowest BCUT2D eigenvalue weighted by atomic mass is 10.1. The van der Waals surface area contributed by atoms with Crippen molar-refractivity contribution in [3.8, 4) is 0 Å². The molecule has 7 nitrogen and oxygen atoms in total. The number of aromatic nitrogens is 2. The van der Waals surface area contributed by atoms with Crippen LogP contribution in [0.5, 0.6) is 0 Å². The lowest BCUT2D eigenvalue weighted by Gasteiger charge is -2.23. The van der Waals surface area contributed by atoms with E-state index in [1.165, 1.54) is 13.3 Å². The largest absolute Gasteiger partial charge is 0.444 e. The number of ether oxygens (including phenoxy) is 2. The van der Waals surface area contributed by atoms with Crippen LogP contribution in [-0.2, 0) is 16.0 Å². The zero-order valence-corrected chi connectivity index (χ0v) is 13.9. The number of carbonyl (C=O) groups excluding carboxylic acids is 2. The minimum absolute atomic E-state index is 0.0993. The van der Waals surface area contributed by atoms with Gasteiger partial charge in [-0.15, -0.1) is 0 Å². The third kappa shape index (κ3) is 6.26. The van der Waals surface area contributed by atoms with Gasteiger partial charge in [0.05, 0.1) is 24.4 Å². The van der Waals surface area contributed by atoms with Gasteiger partial charge in [0.15, 0.2) is 5.78 Å². The summed E-state index contributed by atoms with van der Waals surface area (Å²) in [6.45, 7) is 8.21. The predicted octanol–water partition coefficient (Wildman–Crippen LogP) is 2.02. The molecule has 124 valence electrons. The van der Waals surface area contributed by atoms with Crippen LogP contribution in [0.4, 0.5) is 4.79 Å². The van der Waals surface area contributed by atoms with Gasteiger partial charge in [0, 0.05) is 26.3 Å². The Kier molecular flexibility index (Phi) is 6.55. The number of methoxy groups -OCH3 is 1. The average molecular weight is 311 g/mol. The van der Waals surface area contributed by atoms with Crippen molar-refractivity contribution < 1.29 is 19.1 Å². The summed E-state index contributed by atoms with van der Waals surface area (Å²) in [5.41, 5.74) is -0.0671. The summed E-state index contributed by atoms with van der Waals surface area (Å²) in [5, 5.41) is 6.73. The maximum absolute atomic E-state index is 12.2. The van der Waals surface area contributed by atoms with Crippen molar-refractivity contribution in [3.05, 3.63) is 18.0 Å². The molecule has 1 rings (SSSR count). The summed E-state index contributed by atoms with van der Waals surface area (Å²) in [4.78, 5) is 24.0. The Bertz CT molecular complexity index is 505. The fraction of sp³-hybridized carbons (Fsp3) is 0.667. The van der Waals surface area contributed by atoms with E-state index in [0.29, 0.717) is 12.1 Å². The molecule has 0 saturated carbocycles. The van der Waals surface area contributed by atoms with Gasteiger partial charge >= 0.3 is 6.09 Å². The number of carbonyl (C=O) groups is 2. The van der Waals surface area contributed by atoms with Crippen LogP contribution in [0, 0.1) is 0 Å². The van der Waals surface area contributed by atoms with Gasteiger partial charge in [-0.3, -0.25) is 9.48 Å². The molecule has 0 radical (unpaired) electrons. The van der Waals surface area contributed by atoms with Crippen LogP contribution in [-0.4, -0.2) is 47.0 Å². The molecule has 1 amide bonds. The Balaban J connectivity index is 2.63. The number of nitrogens with one attached hydrogen (secondary N) is 1. The highest BCUT2D eigenvalue weighted by atomic mass is 16.6. The number of amides is 1. The van der Waals surface area contributed by atoms with Crippen molar-refractivity contribution in [2.24, 2.45) is 0 Å². The fourth-order valence-electron chi connectivity index (χ4n) is 1.85. The number of alkyl carbamates (subject to hydrolysis) is 1. The maximum Gasteiger partial charge on any atom is 0.407 e. The smallest absolute Gasteiger partial charge is 0.407 e. The molecular weight excluding hydrogens is 286 g/mol. The van der Waals surface area contributed by atoms with Crippen molar-refractivity contribution >= 4 is 11.9 Å². The third-order valence-corrected chi connectivity index (χ3v) is 2.80. The summed E-state index contributed by atoms with van der Waals surface area (Å²) in [6, 6.07) is -0.447. The van der Waals surface area contributed by atoms with E-state index in [9.17, 15) is 9.59 Å². The van der Waals surface area contributed by atoms with Gasteiger partial charge in [-0.05, 0) is 27.7 Å². The summed E-state index contributed by atoms with van der Waals surface area (Å²) in [5.74, 6) is -0.0993. The number of rotatable bonds is 7. The van der Waals surface area contributed by atoms with Crippen LogP contribution in [0.1, 0.15) is 44.5 Å². The van der Waals surface area contributed by atoms with Crippen LogP contribution in [0.25, 0.3) is 0 Å². The molecule has 1 atom stereocenters. The van der Waals surface area contributed by atoms with E-state index in [1.807, 2.05) is 6.92 Å². The Morgan fingerprint density at radius 3 is 2.59 bits per heavy atom. The quantitative estimate of drug-likeness (QED) is 0.779. The van der Waals surface area contributed by atoms with Crippen LogP contribution in [0.2, 0.25) is 0 Å². The zero-order chi connectivity index (χ0) is 16.8. The highest BCUT2D eigenvalue weighted by Gasteiger charge is 2.22. The first-order valence-electron chi connectivity index (χ1n) is 7.29. The second-order valence-corrected chi connectivity index (χ2v) is 6.01. The number of ketones is 1. The van der Waals surface area contributed by atoms with E-state index in [1.54, 1.807) is 31.6 Å². The van der Waals surface area contributed by atoms with E-state index in [-0.39, 0.29) is 18.8 Å². The molecule has 22 heavy (non-hydrogen) atoms. The molecular formula is C15H25N3O4. The van der Waals surface area contributed by atoms with Gasteiger partial charge in [0.25, 0.3) is 0 Å². The van der Waals surface area contributed by atoms with E-state index < -0.39 is 17.7 Å². The molecule has 0 saturated heterocycles. The van der Waals surface area contributed by atoms with Crippen LogP contribution >= 0.6 is 0 Å². The summed E-state index contributed by atoms with van der Waals surface area (Å²) in [6.07, 6.45) is 2.79. The van der Waals surface area contributed by atoms with Crippen molar-refractivity contribution in [1.29, 1.82) is 0 Å². The first kappa shape index (κ1) is 18.2. The molecule has 1 aromatic heterocycles. The van der Waals surface area contributed by atoms with Crippen molar-refractivity contribution in [2.75, 3.05) is 13.7 Å². The van der Waals surface area contributed by atoms with Crippen LogP contribution in [0.3, 0.4) is 0 Å². The predicted molar refractivity (Wildman–Crippen MR) is 81.9 cm³/mol. The van der Waals surface area contributed by atoms with Crippen molar-refractivity contribution in [2.45, 2.75) is 52.3 Å². The molecule has 0 bridgehead atoms. The normalized spacial score (nSPS) is 12.8. The van der Waals surface area contributed by atoms with Gasteiger partial charge in [-0.2, -0.15) is 5.10 Å². The first-order valence-corrected chi connectivity index (χ1v) is 7.29. The molecule has 0 aliphatic rings. The highest BCUT2D eigenvalue weighted by molar-refractivity contribution is 5.96. The Morgan fingerprint density at radius 1 is 1.41 bits per heavy atom. The number of hydrogen-bond donors (Lipinski definition) is 1. The Hall–Kier alpha value is -1.89. The SMILES string of the molecule is CCn1cc(C(=O)CC(COC)NC(=O)OC(C)(C)C)cn1. The topological polar surface area (TPSA) is 82.5 Å². The molecule has 0 aliphatic carbocycles. The minimum atomic E-state index is -0.589. The number of hydrogen-bond acceptors (Lipinski definition) is 5. The standard InChI is InChI=1S/C15H25N3O4/c1-6-18-9-11(8-16-18)13(19)7-12(10-21-5)17-14(20)22-15(2,3)4/h8-9,12H,6-7,10H2,1-5H3,(H,17,20). The number of nitrogens with zero attached hydrogens (tertiary/aromatic N) is 2. The Labute approximate surface area is 131 Å². The van der Waals surface area contributed by atoms with E-state index in [4.69, 9.17) is 9.47 Å². The van der Waals surface area contributed by atoms with Crippen LogP contribution in [0.15, 0.2) is 12.4 Å². The third-order valence-electron chi connectivity index (χ3n) is 2.80. The second kappa shape index (κ2) is 7.93. The number of Topliss-reactive ketones (excluding diaryl/α,β-unsaturated/α-hetero) is 1. The summed E-state index contributed by atoms with van der Waals surface area (Å²) in [7, 11) is 1.52. The van der Waals surface area contributed by atoms with Crippen molar-refractivity contribution in [1.82, 2.24) is 15.1 Å². The molecule has 1 heterocycles. The molecule has 0 fully saturated rings. The molecule has 1 aromatic rings. The van der Waals surface area contributed by atoms with E-state index in [0.717, 1.165) is 0 Å². The highest BCUT2D eigenvalue weighted by Crippen LogP contribution is 2.09. The monoisotopic (exact) mass is 311 g/mol. The maximum atomic E-state index is 12.2. The van der Waals surface area contributed by atoms with Gasteiger partial charge in [0.1, 0.15) is 5.60 Å². The van der Waals surface area contributed by atoms with Gasteiger partial charge < -0.3 is 14.8 Å². The summed E-state index contributed by atoms with van der Waals surface area (Å²) >= 11 is 0. The minimum Gasteiger partial charge on any atom is -0.444 e. The van der Waals surface area contributed by atoms with E-state index in [2.05, 4.69) is 10.4 Å². The van der Waals surface area contributed by atoms with E-state index >= 15 is 0 Å². The molecule has 0 aliphatic heterocycles. The molecule has 0 spiro atoms.